The van der Waals surface area contributed by atoms with E-state index in [9.17, 15) is 17.1 Å². The standard InChI is InChI=1S/C12H15FN2O5S/c13-21(18,19)20-11-5-1-3-9(7-11)14-10-4-2-6-15(8-10)12(16)17/h1,3,5,7,10,14H,2,4,6,8H2,(H,16,17)/t10-/m1/s1. The maximum Gasteiger partial charge on any atom is 0.488 e. The zero-order valence-electron chi connectivity index (χ0n) is 11.0. The molecule has 21 heavy (non-hydrogen) atoms. The molecule has 1 aromatic rings. The van der Waals surface area contributed by atoms with Crippen molar-refractivity contribution in [2.45, 2.75) is 18.9 Å². The van der Waals surface area contributed by atoms with Gasteiger partial charge in [-0.25, -0.2) is 4.79 Å². The van der Waals surface area contributed by atoms with Crippen LogP contribution in [0.3, 0.4) is 0 Å². The number of amides is 1. The first-order chi connectivity index (χ1) is 9.83. The van der Waals surface area contributed by atoms with Gasteiger partial charge in [0.2, 0.25) is 0 Å². The number of rotatable bonds is 4. The van der Waals surface area contributed by atoms with Crippen LogP contribution >= 0.6 is 0 Å². The first-order valence-electron chi connectivity index (χ1n) is 6.32. The van der Waals surface area contributed by atoms with Crippen LogP contribution in [0.2, 0.25) is 0 Å². The van der Waals surface area contributed by atoms with Gasteiger partial charge >= 0.3 is 16.6 Å². The third kappa shape index (κ3) is 4.78. The minimum atomic E-state index is -5.06. The van der Waals surface area contributed by atoms with Gasteiger partial charge in [0.05, 0.1) is 0 Å². The average Bonchev–Trinajstić information content (AvgIpc) is 2.37. The van der Waals surface area contributed by atoms with Gasteiger partial charge in [0, 0.05) is 30.9 Å². The average molecular weight is 318 g/mol. The molecule has 2 rings (SSSR count). The number of benzene rings is 1. The van der Waals surface area contributed by atoms with Gasteiger partial charge in [-0.15, -0.1) is 0 Å². The lowest BCUT2D eigenvalue weighted by Crippen LogP contribution is -2.44. The van der Waals surface area contributed by atoms with E-state index >= 15 is 0 Å². The number of hydrogen-bond acceptors (Lipinski definition) is 5. The maximum atomic E-state index is 12.5. The van der Waals surface area contributed by atoms with E-state index in [4.69, 9.17) is 5.11 Å². The quantitative estimate of drug-likeness (QED) is 0.822. The molecule has 1 heterocycles. The fraction of sp³-hybridized carbons (Fsp3) is 0.417. The van der Waals surface area contributed by atoms with Crippen LogP contribution in [-0.4, -0.2) is 43.6 Å². The molecule has 0 radical (unpaired) electrons. The number of halogens is 1. The molecule has 0 unspecified atom stereocenters. The first-order valence-corrected chi connectivity index (χ1v) is 7.63. The van der Waals surface area contributed by atoms with Crippen molar-refractivity contribution in [1.82, 2.24) is 4.90 Å². The van der Waals surface area contributed by atoms with Crippen molar-refractivity contribution in [2.75, 3.05) is 18.4 Å². The van der Waals surface area contributed by atoms with E-state index in [2.05, 4.69) is 9.50 Å². The molecule has 116 valence electrons. The second-order valence-electron chi connectivity index (χ2n) is 4.72. The molecule has 2 N–H and O–H groups in total. The molecule has 0 spiro atoms. The van der Waals surface area contributed by atoms with Crippen LogP contribution in [0.1, 0.15) is 12.8 Å². The van der Waals surface area contributed by atoms with Gasteiger partial charge in [0.25, 0.3) is 0 Å². The highest BCUT2D eigenvalue weighted by molar-refractivity contribution is 7.81. The molecule has 1 fully saturated rings. The summed E-state index contributed by atoms with van der Waals surface area (Å²) in [5.41, 5.74) is 0.536. The number of piperidine rings is 1. The van der Waals surface area contributed by atoms with E-state index in [0.29, 0.717) is 18.8 Å². The normalized spacial score (nSPS) is 19.1. The van der Waals surface area contributed by atoms with Crippen molar-refractivity contribution in [3.8, 4) is 5.75 Å². The predicted molar refractivity (Wildman–Crippen MR) is 73.3 cm³/mol. The Morgan fingerprint density at radius 1 is 1.48 bits per heavy atom. The summed E-state index contributed by atoms with van der Waals surface area (Å²) in [7, 11) is -5.06. The molecule has 1 aliphatic heterocycles. The highest BCUT2D eigenvalue weighted by Crippen LogP contribution is 2.22. The number of carboxylic acid groups (broad SMARTS) is 1. The number of nitrogens with zero attached hydrogens (tertiary/aromatic N) is 1. The molecule has 0 aliphatic carbocycles. The van der Waals surface area contributed by atoms with Crippen molar-refractivity contribution in [2.24, 2.45) is 0 Å². The molecule has 0 bridgehead atoms. The van der Waals surface area contributed by atoms with E-state index in [-0.39, 0.29) is 11.8 Å². The minimum absolute atomic E-state index is 0.0907. The SMILES string of the molecule is O=C(O)N1CCC[C@@H](Nc2cccc(OS(=O)(=O)F)c2)C1. The topological polar surface area (TPSA) is 95.9 Å². The summed E-state index contributed by atoms with van der Waals surface area (Å²) in [6.07, 6.45) is 0.553. The van der Waals surface area contributed by atoms with Crippen molar-refractivity contribution in [3.63, 3.8) is 0 Å². The minimum Gasteiger partial charge on any atom is -0.465 e. The van der Waals surface area contributed by atoms with Gasteiger partial charge in [-0.3, -0.25) is 0 Å². The molecule has 7 nitrogen and oxygen atoms in total. The Labute approximate surface area is 121 Å². The summed E-state index contributed by atoms with van der Waals surface area (Å²) in [5.74, 6) is -0.145. The van der Waals surface area contributed by atoms with Crippen LogP contribution in [0.4, 0.5) is 14.4 Å². The van der Waals surface area contributed by atoms with Crippen molar-refractivity contribution in [1.29, 1.82) is 0 Å². The number of carbonyl (C=O) groups is 1. The molecular weight excluding hydrogens is 303 g/mol. The van der Waals surface area contributed by atoms with Gasteiger partial charge in [-0.2, -0.15) is 8.42 Å². The largest absolute Gasteiger partial charge is 0.488 e. The Morgan fingerprint density at radius 2 is 2.24 bits per heavy atom. The van der Waals surface area contributed by atoms with Gasteiger partial charge in [0.15, 0.2) is 0 Å². The second kappa shape index (κ2) is 6.17. The fourth-order valence-corrected chi connectivity index (χ4v) is 2.59. The third-order valence-corrected chi connectivity index (χ3v) is 3.48. The summed E-state index contributed by atoms with van der Waals surface area (Å²) in [6.45, 7) is 0.832. The molecule has 0 saturated carbocycles. The summed E-state index contributed by atoms with van der Waals surface area (Å²) >= 11 is 0. The smallest absolute Gasteiger partial charge is 0.465 e. The molecule has 0 aromatic heterocycles. The van der Waals surface area contributed by atoms with E-state index < -0.39 is 16.6 Å². The Balaban J connectivity index is 2.02. The fourth-order valence-electron chi connectivity index (χ4n) is 2.26. The third-order valence-electron chi connectivity index (χ3n) is 3.09. The molecule has 1 atom stereocenters. The summed E-state index contributed by atoms with van der Waals surface area (Å²) in [6, 6.07) is 5.74. The number of hydrogen-bond donors (Lipinski definition) is 2. The number of anilines is 1. The van der Waals surface area contributed by atoms with Gasteiger partial charge < -0.3 is 19.5 Å². The van der Waals surface area contributed by atoms with E-state index in [1.165, 1.54) is 23.1 Å². The van der Waals surface area contributed by atoms with Crippen LogP contribution in [-0.2, 0) is 10.5 Å². The molecule has 1 aromatic carbocycles. The highest BCUT2D eigenvalue weighted by Gasteiger charge is 2.23. The van der Waals surface area contributed by atoms with Crippen LogP contribution in [0.25, 0.3) is 0 Å². The van der Waals surface area contributed by atoms with Crippen LogP contribution in [0, 0.1) is 0 Å². The lowest BCUT2D eigenvalue weighted by Gasteiger charge is -2.31. The molecule has 1 amide bonds. The van der Waals surface area contributed by atoms with Crippen LogP contribution < -0.4 is 9.50 Å². The molecule has 1 aliphatic rings. The number of likely N-dealkylation sites (tertiary alicyclic amines) is 1. The van der Waals surface area contributed by atoms with Gasteiger partial charge in [0.1, 0.15) is 5.75 Å². The Bertz CT molecular complexity index is 622. The van der Waals surface area contributed by atoms with E-state index in [1.54, 1.807) is 6.07 Å². The lowest BCUT2D eigenvalue weighted by atomic mass is 10.1. The van der Waals surface area contributed by atoms with Crippen molar-refractivity contribution in [3.05, 3.63) is 24.3 Å². The summed E-state index contributed by atoms with van der Waals surface area (Å²) in [5, 5.41) is 12.1. The predicted octanol–water partition coefficient (Wildman–Crippen LogP) is 1.83. The highest BCUT2D eigenvalue weighted by atomic mass is 32.3. The number of nitrogens with one attached hydrogen (secondary N) is 1. The Hall–Kier alpha value is -2.03. The zero-order chi connectivity index (χ0) is 15.5. The lowest BCUT2D eigenvalue weighted by molar-refractivity contribution is 0.133. The second-order valence-corrected chi connectivity index (χ2v) is 5.67. The monoisotopic (exact) mass is 318 g/mol. The Kier molecular flexibility index (Phi) is 4.51. The summed E-state index contributed by atoms with van der Waals surface area (Å²) < 4.78 is 37.5. The van der Waals surface area contributed by atoms with Crippen molar-refractivity contribution < 1.29 is 26.4 Å². The van der Waals surface area contributed by atoms with Crippen LogP contribution in [0.15, 0.2) is 24.3 Å². The van der Waals surface area contributed by atoms with Gasteiger partial charge in [-0.1, -0.05) is 9.95 Å². The first kappa shape index (κ1) is 15.4. The zero-order valence-corrected chi connectivity index (χ0v) is 11.8. The maximum absolute atomic E-state index is 12.5. The van der Waals surface area contributed by atoms with E-state index in [0.717, 1.165) is 12.8 Å². The summed E-state index contributed by atoms with van der Waals surface area (Å²) in [4.78, 5) is 12.2. The molecule has 1 saturated heterocycles. The van der Waals surface area contributed by atoms with Crippen molar-refractivity contribution >= 4 is 22.3 Å². The van der Waals surface area contributed by atoms with E-state index in [1.807, 2.05) is 0 Å². The van der Waals surface area contributed by atoms with Gasteiger partial charge in [-0.05, 0) is 25.0 Å². The van der Waals surface area contributed by atoms with Crippen LogP contribution in [0.5, 0.6) is 5.75 Å². The molecule has 9 heteroatoms. The Morgan fingerprint density at radius 3 is 2.90 bits per heavy atom. The molecular formula is C12H15FN2O5S.